The van der Waals surface area contributed by atoms with Gasteiger partial charge in [-0.15, -0.1) is 0 Å². The highest BCUT2D eigenvalue weighted by Crippen LogP contribution is 2.23. The predicted octanol–water partition coefficient (Wildman–Crippen LogP) is 3.02. The number of pyridine rings is 1. The fraction of sp³-hybridized carbons (Fsp3) is 0.444. The minimum absolute atomic E-state index is 0.120. The topological polar surface area (TPSA) is 69.4 Å². The van der Waals surface area contributed by atoms with Crippen molar-refractivity contribution in [1.82, 2.24) is 9.88 Å². The van der Waals surface area contributed by atoms with E-state index in [9.17, 15) is 5.11 Å². The summed E-state index contributed by atoms with van der Waals surface area (Å²) in [5.74, 6) is 0.381. The molecule has 0 radical (unpaired) electrons. The van der Waals surface area contributed by atoms with Gasteiger partial charge in [0, 0.05) is 18.0 Å². The standard InChI is InChI=1S/C18H22ClN3O2/c19-18(20)17-15-7-3-2-6-13(15)10-16(21-17)24-12-14(23)11-22-8-4-1-5-9-22/h2-3,6-7,10,14,20,23H,1,4-5,8-9,11-12H2. The molecule has 2 heterocycles. The van der Waals surface area contributed by atoms with E-state index in [1.54, 1.807) is 0 Å². The summed E-state index contributed by atoms with van der Waals surface area (Å²) in [5, 5.41) is 19.5. The predicted molar refractivity (Wildman–Crippen MR) is 96.2 cm³/mol. The number of aromatic nitrogens is 1. The molecule has 5 nitrogen and oxygen atoms in total. The number of aliphatic hydroxyl groups excluding tert-OH is 1. The van der Waals surface area contributed by atoms with E-state index in [0.717, 1.165) is 23.9 Å². The Kier molecular flexibility index (Phi) is 5.66. The number of nitrogens with one attached hydrogen (secondary N) is 1. The Morgan fingerprint density at radius 1 is 1.29 bits per heavy atom. The molecule has 0 bridgehead atoms. The summed E-state index contributed by atoms with van der Waals surface area (Å²) >= 11 is 5.85. The van der Waals surface area contributed by atoms with Gasteiger partial charge in [0.2, 0.25) is 5.88 Å². The molecule has 0 spiro atoms. The summed E-state index contributed by atoms with van der Waals surface area (Å²) in [6.07, 6.45) is 3.11. The largest absolute Gasteiger partial charge is 0.475 e. The second-order valence-corrected chi connectivity index (χ2v) is 6.55. The second-order valence-electron chi connectivity index (χ2n) is 6.17. The maximum atomic E-state index is 10.2. The van der Waals surface area contributed by atoms with Crippen molar-refractivity contribution < 1.29 is 9.84 Å². The molecule has 2 aromatic rings. The summed E-state index contributed by atoms with van der Waals surface area (Å²) in [6, 6.07) is 9.42. The van der Waals surface area contributed by atoms with Crippen LogP contribution in [0.15, 0.2) is 30.3 Å². The molecule has 0 amide bonds. The van der Waals surface area contributed by atoms with Crippen molar-refractivity contribution in [2.45, 2.75) is 25.4 Å². The monoisotopic (exact) mass is 347 g/mol. The molecule has 0 saturated carbocycles. The number of likely N-dealkylation sites (tertiary alicyclic amines) is 1. The zero-order chi connectivity index (χ0) is 16.9. The number of benzene rings is 1. The first kappa shape index (κ1) is 17.1. The van der Waals surface area contributed by atoms with Gasteiger partial charge >= 0.3 is 0 Å². The van der Waals surface area contributed by atoms with Gasteiger partial charge in [-0.2, -0.15) is 0 Å². The lowest BCUT2D eigenvalue weighted by Crippen LogP contribution is -2.38. The van der Waals surface area contributed by atoms with Gasteiger partial charge in [0.15, 0.2) is 0 Å². The number of halogens is 1. The minimum Gasteiger partial charge on any atom is -0.475 e. The van der Waals surface area contributed by atoms with Crippen molar-refractivity contribution in [3.05, 3.63) is 36.0 Å². The first-order valence-electron chi connectivity index (χ1n) is 8.31. The fourth-order valence-electron chi connectivity index (χ4n) is 3.09. The molecular formula is C18H22ClN3O2. The van der Waals surface area contributed by atoms with Crippen LogP contribution in [0.2, 0.25) is 0 Å². The molecule has 1 atom stereocenters. The molecule has 1 aliphatic rings. The van der Waals surface area contributed by atoms with Crippen molar-refractivity contribution >= 4 is 27.5 Å². The van der Waals surface area contributed by atoms with Crippen LogP contribution in [0, 0.1) is 5.41 Å². The second kappa shape index (κ2) is 7.92. The van der Waals surface area contributed by atoms with Crippen LogP contribution in [-0.2, 0) is 0 Å². The van der Waals surface area contributed by atoms with E-state index in [2.05, 4.69) is 9.88 Å². The Labute approximate surface area is 146 Å². The van der Waals surface area contributed by atoms with E-state index in [-0.39, 0.29) is 11.8 Å². The molecule has 1 aromatic heterocycles. The van der Waals surface area contributed by atoms with Gasteiger partial charge in [-0.1, -0.05) is 42.3 Å². The SMILES string of the molecule is N=C(Cl)c1nc(OCC(O)CN2CCCCC2)cc2ccccc12. The van der Waals surface area contributed by atoms with Crippen molar-refractivity contribution in [3.63, 3.8) is 0 Å². The van der Waals surface area contributed by atoms with Crippen LogP contribution in [0.1, 0.15) is 25.0 Å². The Bertz CT molecular complexity index is 716. The third-order valence-corrected chi connectivity index (χ3v) is 4.45. The molecule has 1 aliphatic heterocycles. The summed E-state index contributed by atoms with van der Waals surface area (Å²) in [5.41, 5.74) is 0.398. The summed E-state index contributed by atoms with van der Waals surface area (Å²) in [7, 11) is 0. The molecule has 1 fully saturated rings. The lowest BCUT2D eigenvalue weighted by Gasteiger charge is -2.28. The number of hydrogen-bond acceptors (Lipinski definition) is 5. The van der Waals surface area contributed by atoms with Crippen LogP contribution in [0.25, 0.3) is 10.8 Å². The quantitative estimate of drug-likeness (QED) is 0.788. The summed E-state index contributed by atoms with van der Waals surface area (Å²) in [4.78, 5) is 6.58. The van der Waals surface area contributed by atoms with Crippen LogP contribution >= 0.6 is 11.6 Å². The molecule has 6 heteroatoms. The van der Waals surface area contributed by atoms with Gasteiger partial charge in [0.1, 0.15) is 23.6 Å². The Morgan fingerprint density at radius 3 is 2.79 bits per heavy atom. The van der Waals surface area contributed by atoms with Crippen molar-refractivity contribution in [2.24, 2.45) is 0 Å². The first-order valence-corrected chi connectivity index (χ1v) is 8.69. The number of rotatable bonds is 6. The third-order valence-electron chi connectivity index (χ3n) is 4.27. The lowest BCUT2D eigenvalue weighted by atomic mass is 10.1. The fourth-order valence-corrected chi connectivity index (χ4v) is 3.23. The summed E-state index contributed by atoms with van der Waals surface area (Å²) < 4.78 is 5.67. The van der Waals surface area contributed by atoms with Gasteiger partial charge in [0.05, 0.1) is 0 Å². The molecule has 1 aromatic carbocycles. The van der Waals surface area contributed by atoms with Crippen LogP contribution in [-0.4, -0.2) is 52.5 Å². The van der Waals surface area contributed by atoms with Crippen LogP contribution in [0.4, 0.5) is 0 Å². The smallest absolute Gasteiger partial charge is 0.214 e. The van der Waals surface area contributed by atoms with Crippen LogP contribution < -0.4 is 4.74 Å². The highest BCUT2D eigenvalue weighted by atomic mass is 35.5. The van der Waals surface area contributed by atoms with Crippen LogP contribution in [0.5, 0.6) is 5.88 Å². The van der Waals surface area contributed by atoms with Gasteiger partial charge in [-0.25, -0.2) is 4.98 Å². The van der Waals surface area contributed by atoms with Gasteiger partial charge < -0.3 is 14.7 Å². The molecule has 24 heavy (non-hydrogen) atoms. The zero-order valence-electron chi connectivity index (χ0n) is 13.5. The molecular weight excluding hydrogens is 326 g/mol. The van der Waals surface area contributed by atoms with E-state index in [4.69, 9.17) is 21.7 Å². The summed E-state index contributed by atoms with van der Waals surface area (Å²) in [6.45, 7) is 2.88. The maximum Gasteiger partial charge on any atom is 0.214 e. The van der Waals surface area contributed by atoms with E-state index in [1.165, 1.54) is 19.3 Å². The maximum absolute atomic E-state index is 10.2. The third kappa shape index (κ3) is 4.23. The van der Waals surface area contributed by atoms with E-state index < -0.39 is 6.10 Å². The average molecular weight is 348 g/mol. The molecule has 0 aliphatic carbocycles. The van der Waals surface area contributed by atoms with Crippen LogP contribution in [0.3, 0.4) is 0 Å². The van der Waals surface area contributed by atoms with Gasteiger partial charge in [-0.05, 0) is 31.3 Å². The van der Waals surface area contributed by atoms with E-state index in [1.807, 2.05) is 30.3 Å². The highest BCUT2D eigenvalue weighted by molar-refractivity contribution is 6.69. The minimum atomic E-state index is -0.560. The average Bonchev–Trinajstić information content (AvgIpc) is 2.60. The van der Waals surface area contributed by atoms with Crippen molar-refractivity contribution in [3.8, 4) is 5.88 Å². The molecule has 2 N–H and O–H groups in total. The number of nitrogens with zero attached hydrogens (tertiary/aromatic N) is 2. The number of hydrogen-bond donors (Lipinski definition) is 2. The van der Waals surface area contributed by atoms with E-state index >= 15 is 0 Å². The first-order chi connectivity index (χ1) is 11.6. The number of β-amino-alcohol motifs (C(OH)–C–C–N with tert-alkyl or cyclic N) is 1. The molecule has 128 valence electrons. The number of fused-ring (bicyclic) bond motifs is 1. The lowest BCUT2D eigenvalue weighted by molar-refractivity contribution is 0.0603. The number of ether oxygens (including phenoxy) is 1. The molecule has 1 unspecified atom stereocenters. The Morgan fingerprint density at radius 2 is 2.04 bits per heavy atom. The number of aliphatic hydroxyl groups is 1. The number of piperidine rings is 1. The van der Waals surface area contributed by atoms with E-state index in [0.29, 0.717) is 18.1 Å². The van der Waals surface area contributed by atoms with Crippen molar-refractivity contribution in [2.75, 3.05) is 26.2 Å². The normalized spacial score (nSPS) is 16.9. The molecule has 3 rings (SSSR count). The van der Waals surface area contributed by atoms with Crippen molar-refractivity contribution in [1.29, 1.82) is 5.41 Å². The molecule has 1 saturated heterocycles. The Hall–Kier alpha value is -1.69. The van der Waals surface area contributed by atoms with Gasteiger partial charge in [0.25, 0.3) is 0 Å². The van der Waals surface area contributed by atoms with Gasteiger partial charge in [-0.3, -0.25) is 5.41 Å². The highest BCUT2D eigenvalue weighted by Gasteiger charge is 2.16. The Balaban J connectivity index is 1.67. The zero-order valence-corrected chi connectivity index (χ0v) is 14.3.